The van der Waals surface area contributed by atoms with Crippen molar-refractivity contribution >= 4 is 10.0 Å². The van der Waals surface area contributed by atoms with E-state index in [2.05, 4.69) is 4.72 Å². The molecule has 5 heteroatoms. The predicted octanol–water partition coefficient (Wildman–Crippen LogP) is 0.153. The molecule has 0 aromatic carbocycles. The van der Waals surface area contributed by atoms with Crippen LogP contribution in [-0.2, 0) is 10.0 Å². The molecular formula is C8H16N2O2S. The number of nitrogens with one attached hydrogen (secondary N) is 1. The lowest BCUT2D eigenvalue weighted by Gasteiger charge is -2.13. The Kier molecular flexibility index (Phi) is 1.94. The van der Waals surface area contributed by atoms with Crippen molar-refractivity contribution in [3.63, 3.8) is 0 Å². The third-order valence-electron chi connectivity index (χ3n) is 2.94. The average Bonchev–Trinajstić information content (AvgIpc) is 2.80. The third-order valence-corrected chi connectivity index (χ3v) is 4.95. The van der Waals surface area contributed by atoms with Gasteiger partial charge in [0, 0.05) is 0 Å². The van der Waals surface area contributed by atoms with Crippen molar-refractivity contribution in [3.8, 4) is 0 Å². The minimum atomic E-state index is -3.10. The molecule has 0 radical (unpaired) electrons. The van der Waals surface area contributed by atoms with Gasteiger partial charge in [0.1, 0.15) is 0 Å². The van der Waals surface area contributed by atoms with Crippen molar-refractivity contribution in [2.75, 3.05) is 0 Å². The molecule has 0 bridgehead atoms. The zero-order valence-electron chi connectivity index (χ0n) is 7.79. The summed E-state index contributed by atoms with van der Waals surface area (Å²) in [5, 5.41) is -0.161. The molecule has 0 unspecified atom stereocenters. The molecule has 2 aliphatic rings. The Hall–Kier alpha value is -0.130. The van der Waals surface area contributed by atoms with E-state index in [1.54, 1.807) is 0 Å². The monoisotopic (exact) mass is 204 g/mol. The standard InChI is InChI=1S/C8H16N2O2S/c1-2-6-5-8(6,9)10-13(11,12)7-3-4-7/h6-7,10H,2-5,9H2,1H3/t6-,8+/m0/s1. The Bertz CT molecular complexity index is 310. The van der Waals surface area contributed by atoms with Crippen LogP contribution in [0.1, 0.15) is 32.6 Å². The van der Waals surface area contributed by atoms with Crippen molar-refractivity contribution in [1.82, 2.24) is 4.72 Å². The molecule has 0 amide bonds. The third kappa shape index (κ3) is 1.73. The van der Waals surface area contributed by atoms with Crippen molar-refractivity contribution < 1.29 is 8.42 Å². The van der Waals surface area contributed by atoms with Crippen LogP contribution in [0.15, 0.2) is 0 Å². The van der Waals surface area contributed by atoms with Crippen molar-refractivity contribution in [2.24, 2.45) is 11.7 Å². The number of nitrogens with two attached hydrogens (primary N) is 1. The van der Waals surface area contributed by atoms with E-state index in [0.717, 1.165) is 25.7 Å². The highest BCUT2D eigenvalue weighted by atomic mass is 32.2. The van der Waals surface area contributed by atoms with Gasteiger partial charge in [0.25, 0.3) is 0 Å². The molecule has 2 atom stereocenters. The molecule has 2 fully saturated rings. The largest absolute Gasteiger partial charge is 0.312 e. The van der Waals surface area contributed by atoms with Crippen molar-refractivity contribution in [1.29, 1.82) is 0 Å². The number of hydrogen-bond donors (Lipinski definition) is 2. The number of hydrogen-bond acceptors (Lipinski definition) is 3. The molecule has 0 aromatic heterocycles. The summed E-state index contributed by atoms with van der Waals surface area (Å²) in [5.74, 6) is 0.334. The molecule has 0 saturated heterocycles. The minimum Gasteiger partial charge on any atom is -0.312 e. The zero-order valence-corrected chi connectivity index (χ0v) is 8.60. The Morgan fingerprint density at radius 3 is 2.54 bits per heavy atom. The predicted molar refractivity (Wildman–Crippen MR) is 50.4 cm³/mol. The summed E-state index contributed by atoms with van der Waals surface area (Å²) in [5.41, 5.74) is 5.25. The summed E-state index contributed by atoms with van der Waals surface area (Å²) >= 11 is 0. The van der Waals surface area contributed by atoms with Gasteiger partial charge in [-0.3, -0.25) is 0 Å². The highest BCUT2D eigenvalue weighted by molar-refractivity contribution is 7.90. The maximum atomic E-state index is 11.5. The fourth-order valence-electron chi connectivity index (χ4n) is 1.71. The Labute approximate surface area is 78.9 Å². The van der Waals surface area contributed by atoms with Gasteiger partial charge >= 0.3 is 0 Å². The first-order valence-electron chi connectivity index (χ1n) is 4.79. The lowest BCUT2D eigenvalue weighted by atomic mass is 10.3. The molecule has 2 rings (SSSR count). The van der Waals surface area contributed by atoms with Gasteiger partial charge in [0.05, 0.1) is 10.9 Å². The lowest BCUT2D eigenvalue weighted by molar-refractivity contribution is 0.517. The minimum absolute atomic E-state index is 0.161. The summed E-state index contributed by atoms with van der Waals surface area (Å²) in [6, 6.07) is 0. The summed E-state index contributed by atoms with van der Waals surface area (Å²) in [6.45, 7) is 2.03. The first kappa shape index (κ1) is 9.43. The van der Waals surface area contributed by atoms with E-state index in [-0.39, 0.29) is 5.25 Å². The van der Waals surface area contributed by atoms with Crippen molar-refractivity contribution in [2.45, 2.75) is 43.5 Å². The maximum absolute atomic E-state index is 11.5. The summed E-state index contributed by atoms with van der Waals surface area (Å²) < 4.78 is 25.7. The van der Waals surface area contributed by atoms with Crippen LogP contribution in [0.2, 0.25) is 0 Å². The van der Waals surface area contributed by atoms with Gasteiger partial charge in [-0.2, -0.15) is 4.72 Å². The highest BCUT2D eigenvalue weighted by Gasteiger charge is 2.54. The van der Waals surface area contributed by atoms with Gasteiger partial charge in [-0.1, -0.05) is 13.3 Å². The molecule has 13 heavy (non-hydrogen) atoms. The fraction of sp³-hybridized carbons (Fsp3) is 1.00. The second-order valence-electron chi connectivity index (χ2n) is 4.20. The lowest BCUT2D eigenvalue weighted by Crippen LogP contribution is -2.47. The normalized spacial score (nSPS) is 39.1. The van der Waals surface area contributed by atoms with Crippen LogP contribution in [0.5, 0.6) is 0 Å². The number of sulfonamides is 1. The highest BCUT2D eigenvalue weighted by Crippen LogP contribution is 2.42. The summed E-state index contributed by atoms with van der Waals surface area (Å²) in [4.78, 5) is 0. The van der Waals surface area contributed by atoms with Crippen LogP contribution in [0, 0.1) is 5.92 Å². The maximum Gasteiger partial charge on any atom is 0.216 e. The SMILES string of the molecule is CC[C@H]1C[C@@]1(N)NS(=O)(=O)C1CC1. The second kappa shape index (κ2) is 2.68. The molecule has 0 spiro atoms. The molecule has 4 nitrogen and oxygen atoms in total. The van der Waals surface area contributed by atoms with E-state index in [9.17, 15) is 8.42 Å². The van der Waals surface area contributed by atoms with Crippen LogP contribution >= 0.6 is 0 Å². The van der Waals surface area contributed by atoms with Gasteiger partial charge in [-0.25, -0.2) is 8.42 Å². The molecular weight excluding hydrogens is 188 g/mol. The quantitative estimate of drug-likeness (QED) is 0.640. The Morgan fingerprint density at radius 1 is 1.54 bits per heavy atom. The van der Waals surface area contributed by atoms with Gasteiger partial charge in [0.15, 0.2) is 0 Å². The first-order valence-corrected chi connectivity index (χ1v) is 6.34. The number of rotatable bonds is 4. The zero-order chi connectivity index (χ0) is 9.69. The van der Waals surface area contributed by atoms with E-state index >= 15 is 0 Å². The van der Waals surface area contributed by atoms with E-state index in [1.165, 1.54) is 0 Å². The Balaban J connectivity index is 1.98. The van der Waals surface area contributed by atoms with Gasteiger partial charge in [0.2, 0.25) is 10.0 Å². The summed E-state index contributed by atoms with van der Waals surface area (Å²) in [7, 11) is -3.10. The van der Waals surface area contributed by atoms with E-state index in [1.807, 2.05) is 6.92 Å². The fourth-order valence-corrected chi connectivity index (χ4v) is 3.41. The molecule has 2 saturated carbocycles. The second-order valence-corrected chi connectivity index (χ2v) is 6.16. The van der Waals surface area contributed by atoms with Crippen LogP contribution in [0.3, 0.4) is 0 Å². The van der Waals surface area contributed by atoms with Crippen LogP contribution in [-0.4, -0.2) is 19.3 Å². The van der Waals surface area contributed by atoms with Gasteiger partial charge in [-0.05, 0) is 25.2 Å². The molecule has 2 aliphatic carbocycles. The molecule has 0 heterocycles. The van der Waals surface area contributed by atoms with E-state index in [0.29, 0.717) is 5.92 Å². The van der Waals surface area contributed by atoms with E-state index < -0.39 is 15.7 Å². The van der Waals surface area contributed by atoms with Gasteiger partial charge < -0.3 is 5.73 Å². The van der Waals surface area contributed by atoms with Crippen LogP contribution < -0.4 is 10.5 Å². The Morgan fingerprint density at radius 2 is 2.15 bits per heavy atom. The smallest absolute Gasteiger partial charge is 0.216 e. The first-order chi connectivity index (χ1) is 5.98. The van der Waals surface area contributed by atoms with Crippen molar-refractivity contribution in [3.05, 3.63) is 0 Å². The molecule has 0 aliphatic heterocycles. The van der Waals surface area contributed by atoms with E-state index in [4.69, 9.17) is 5.73 Å². The van der Waals surface area contributed by atoms with Crippen LogP contribution in [0.25, 0.3) is 0 Å². The average molecular weight is 204 g/mol. The molecule has 3 N–H and O–H groups in total. The molecule has 0 aromatic rings. The molecule has 76 valence electrons. The van der Waals surface area contributed by atoms with Crippen LogP contribution in [0.4, 0.5) is 0 Å². The topological polar surface area (TPSA) is 72.2 Å². The summed E-state index contributed by atoms with van der Waals surface area (Å²) in [6.07, 6.45) is 3.32. The van der Waals surface area contributed by atoms with Gasteiger partial charge in [-0.15, -0.1) is 0 Å².